The van der Waals surface area contributed by atoms with Crippen LogP contribution in [0.4, 0.5) is 5.69 Å². The standard InChI is InChI=1S/C17H19N5O2/c1-22-16(17(18)24)14(10-20-22)21-15(23)8-4-5-11-9-19-13-7-3-2-6-12(11)13/h2-3,6-7,9-10,19H,4-5,8H2,1H3,(H2,18,24)(H,21,23). The van der Waals surface area contributed by atoms with E-state index in [0.29, 0.717) is 18.5 Å². The minimum absolute atomic E-state index is 0.162. The summed E-state index contributed by atoms with van der Waals surface area (Å²) in [4.78, 5) is 26.7. The van der Waals surface area contributed by atoms with Crippen molar-refractivity contribution in [3.05, 3.63) is 47.9 Å². The number of primary amides is 1. The number of aryl methyl sites for hydroxylation is 2. The van der Waals surface area contributed by atoms with Crippen LogP contribution in [0.5, 0.6) is 0 Å². The molecule has 3 rings (SSSR count). The minimum Gasteiger partial charge on any atom is -0.364 e. The zero-order valence-corrected chi connectivity index (χ0v) is 13.4. The number of aromatic nitrogens is 3. The number of H-pyrrole nitrogens is 1. The van der Waals surface area contributed by atoms with Gasteiger partial charge in [0.15, 0.2) is 0 Å². The number of aromatic amines is 1. The number of hydrogen-bond donors (Lipinski definition) is 3. The van der Waals surface area contributed by atoms with Crippen LogP contribution in [-0.4, -0.2) is 26.6 Å². The van der Waals surface area contributed by atoms with E-state index in [1.807, 2.05) is 24.4 Å². The van der Waals surface area contributed by atoms with E-state index in [2.05, 4.69) is 21.5 Å². The molecule has 3 aromatic rings. The van der Waals surface area contributed by atoms with Gasteiger partial charge in [0.1, 0.15) is 5.69 Å². The predicted octanol–water partition coefficient (Wildman–Crippen LogP) is 1.96. The van der Waals surface area contributed by atoms with Crippen LogP contribution in [0.25, 0.3) is 10.9 Å². The molecule has 0 fully saturated rings. The molecule has 0 unspecified atom stereocenters. The maximum absolute atomic E-state index is 12.1. The maximum Gasteiger partial charge on any atom is 0.269 e. The van der Waals surface area contributed by atoms with Crippen LogP contribution < -0.4 is 11.1 Å². The van der Waals surface area contributed by atoms with Gasteiger partial charge in [0.05, 0.1) is 11.9 Å². The molecular formula is C17H19N5O2. The van der Waals surface area contributed by atoms with E-state index < -0.39 is 5.91 Å². The summed E-state index contributed by atoms with van der Waals surface area (Å²) in [5.74, 6) is -0.783. The molecule has 0 saturated carbocycles. The molecule has 2 amide bonds. The largest absolute Gasteiger partial charge is 0.364 e. The third kappa shape index (κ3) is 3.15. The van der Waals surface area contributed by atoms with E-state index in [0.717, 1.165) is 11.9 Å². The fourth-order valence-corrected chi connectivity index (χ4v) is 2.81. The van der Waals surface area contributed by atoms with Crippen molar-refractivity contribution >= 4 is 28.4 Å². The van der Waals surface area contributed by atoms with Crippen molar-refractivity contribution in [3.63, 3.8) is 0 Å². The van der Waals surface area contributed by atoms with Gasteiger partial charge >= 0.3 is 0 Å². The summed E-state index contributed by atoms with van der Waals surface area (Å²) in [6.07, 6.45) is 5.27. The highest BCUT2D eigenvalue weighted by atomic mass is 16.2. The summed E-state index contributed by atoms with van der Waals surface area (Å²) < 4.78 is 1.35. The van der Waals surface area contributed by atoms with Crippen LogP contribution in [0, 0.1) is 0 Å². The van der Waals surface area contributed by atoms with Crippen LogP contribution >= 0.6 is 0 Å². The van der Waals surface area contributed by atoms with E-state index in [4.69, 9.17) is 5.73 Å². The van der Waals surface area contributed by atoms with Crippen LogP contribution in [0.3, 0.4) is 0 Å². The Morgan fingerprint density at radius 3 is 2.92 bits per heavy atom. The highest BCUT2D eigenvalue weighted by Crippen LogP contribution is 2.20. The monoisotopic (exact) mass is 325 g/mol. The molecule has 0 atom stereocenters. The summed E-state index contributed by atoms with van der Waals surface area (Å²) in [7, 11) is 1.60. The van der Waals surface area contributed by atoms with Gasteiger partial charge in [0, 0.05) is 30.6 Å². The topological polar surface area (TPSA) is 106 Å². The van der Waals surface area contributed by atoms with Crippen molar-refractivity contribution in [3.8, 4) is 0 Å². The second-order valence-corrected chi connectivity index (χ2v) is 5.66. The van der Waals surface area contributed by atoms with E-state index in [-0.39, 0.29) is 11.6 Å². The number of carbonyl (C=O) groups is 2. The molecule has 0 aliphatic rings. The number of nitrogens with one attached hydrogen (secondary N) is 2. The van der Waals surface area contributed by atoms with Crippen LogP contribution in [0.1, 0.15) is 28.9 Å². The minimum atomic E-state index is -0.621. The van der Waals surface area contributed by atoms with E-state index >= 15 is 0 Å². The second-order valence-electron chi connectivity index (χ2n) is 5.66. The Labute approximate surface area is 138 Å². The molecule has 0 bridgehead atoms. The molecule has 4 N–H and O–H groups in total. The average Bonchev–Trinajstić information content (AvgIpc) is 3.11. The van der Waals surface area contributed by atoms with Gasteiger partial charge in [-0.2, -0.15) is 5.10 Å². The summed E-state index contributed by atoms with van der Waals surface area (Å²) in [6, 6.07) is 8.08. The summed E-state index contributed by atoms with van der Waals surface area (Å²) >= 11 is 0. The summed E-state index contributed by atoms with van der Waals surface area (Å²) in [5, 5.41) is 7.82. The smallest absolute Gasteiger partial charge is 0.269 e. The highest BCUT2D eigenvalue weighted by molar-refractivity contribution is 6.01. The first-order valence-corrected chi connectivity index (χ1v) is 7.73. The first-order valence-electron chi connectivity index (χ1n) is 7.73. The third-order valence-corrected chi connectivity index (χ3v) is 3.97. The Morgan fingerprint density at radius 1 is 1.33 bits per heavy atom. The van der Waals surface area contributed by atoms with Gasteiger partial charge in [-0.05, 0) is 24.5 Å². The van der Waals surface area contributed by atoms with Gasteiger partial charge in [-0.25, -0.2) is 0 Å². The lowest BCUT2D eigenvalue weighted by molar-refractivity contribution is -0.116. The zero-order valence-electron chi connectivity index (χ0n) is 13.4. The summed E-state index contributed by atoms with van der Waals surface area (Å²) in [6.45, 7) is 0. The zero-order chi connectivity index (χ0) is 17.1. The van der Waals surface area contributed by atoms with Crippen molar-refractivity contribution < 1.29 is 9.59 Å². The maximum atomic E-state index is 12.1. The number of nitrogens with two attached hydrogens (primary N) is 1. The Balaban J connectivity index is 1.57. The quantitative estimate of drug-likeness (QED) is 0.645. The molecule has 0 aliphatic heterocycles. The van der Waals surface area contributed by atoms with Crippen molar-refractivity contribution in [1.82, 2.24) is 14.8 Å². The second kappa shape index (κ2) is 6.57. The first kappa shape index (κ1) is 15.8. The highest BCUT2D eigenvalue weighted by Gasteiger charge is 2.16. The molecule has 7 nitrogen and oxygen atoms in total. The Kier molecular flexibility index (Phi) is 4.33. The molecule has 2 aromatic heterocycles. The van der Waals surface area contributed by atoms with Gasteiger partial charge in [-0.15, -0.1) is 0 Å². The van der Waals surface area contributed by atoms with Gasteiger partial charge < -0.3 is 16.0 Å². The predicted molar refractivity (Wildman–Crippen MR) is 91.6 cm³/mol. The number of nitrogens with zero attached hydrogens (tertiary/aromatic N) is 2. The lowest BCUT2D eigenvalue weighted by Gasteiger charge is -2.05. The Hall–Kier alpha value is -3.09. The number of carbonyl (C=O) groups excluding carboxylic acids is 2. The number of anilines is 1. The molecule has 7 heteroatoms. The molecular weight excluding hydrogens is 306 g/mol. The summed E-state index contributed by atoms with van der Waals surface area (Å²) in [5.41, 5.74) is 8.13. The fourth-order valence-electron chi connectivity index (χ4n) is 2.81. The van der Waals surface area contributed by atoms with Gasteiger partial charge in [0.25, 0.3) is 5.91 Å². The molecule has 0 aliphatic carbocycles. The number of rotatable bonds is 6. The molecule has 24 heavy (non-hydrogen) atoms. The molecule has 0 radical (unpaired) electrons. The molecule has 2 heterocycles. The van der Waals surface area contributed by atoms with Gasteiger partial charge in [-0.3, -0.25) is 14.3 Å². The van der Waals surface area contributed by atoms with Crippen LogP contribution in [-0.2, 0) is 18.3 Å². The number of para-hydroxylation sites is 1. The number of hydrogen-bond acceptors (Lipinski definition) is 3. The van der Waals surface area contributed by atoms with E-state index in [1.54, 1.807) is 7.05 Å². The van der Waals surface area contributed by atoms with Crippen molar-refractivity contribution in [2.45, 2.75) is 19.3 Å². The lowest BCUT2D eigenvalue weighted by Crippen LogP contribution is -2.20. The van der Waals surface area contributed by atoms with Crippen molar-refractivity contribution in [2.24, 2.45) is 12.8 Å². The van der Waals surface area contributed by atoms with Gasteiger partial charge in [0.2, 0.25) is 5.91 Å². The SMILES string of the molecule is Cn1ncc(NC(=O)CCCc2c[nH]c3ccccc23)c1C(N)=O. The first-order chi connectivity index (χ1) is 11.6. The van der Waals surface area contributed by atoms with Gasteiger partial charge in [-0.1, -0.05) is 18.2 Å². The third-order valence-electron chi connectivity index (χ3n) is 3.97. The average molecular weight is 325 g/mol. The van der Waals surface area contributed by atoms with Crippen molar-refractivity contribution in [2.75, 3.05) is 5.32 Å². The number of amides is 2. The number of benzene rings is 1. The molecule has 0 spiro atoms. The Morgan fingerprint density at radius 2 is 2.12 bits per heavy atom. The number of fused-ring (bicyclic) bond motifs is 1. The molecule has 1 aromatic carbocycles. The van der Waals surface area contributed by atoms with E-state index in [1.165, 1.54) is 21.8 Å². The van der Waals surface area contributed by atoms with Crippen LogP contribution in [0.2, 0.25) is 0 Å². The van der Waals surface area contributed by atoms with E-state index in [9.17, 15) is 9.59 Å². The normalized spacial score (nSPS) is 10.9. The Bertz CT molecular complexity index is 893. The molecule has 0 saturated heterocycles. The van der Waals surface area contributed by atoms with Crippen molar-refractivity contribution in [1.29, 1.82) is 0 Å². The lowest BCUT2D eigenvalue weighted by atomic mass is 10.1. The van der Waals surface area contributed by atoms with Crippen LogP contribution in [0.15, 0.2) is 36.7 Å². The fraction of sp³-hybridized carbons (Fsp3) is 0.235. The molecule has 124 valence electrons.